The van der Waals surface area contributed by atoms with Crippen molar-refractivity contribution in [3.05, 3.63) is 64.8 Å². The zero-order valence-electron chi connectivity index (χ0n) is 14.7. The number of nitrogens with two attached hydrogens (primary N) is 1. The van der Waals surface area contributed by atoms with Crippen LogP contribution in [0.25, 0.3) is 10.1 Å². The highest BCUT2D eigenvalue weighted by Gasteiger charge is 2.34. The molecule has 0 saturated carbocycles. The molecule has 1 aromatic heterocycles. The predicted octanol–water partition coefficient (Wildman–Crippen LogP) is 2.90. The number of hydrogen-bond acceptors (Lipinski definition) is 5. The molecule has 1 fully saturated rings. The molecular formula is C19H17FN2O4S2. The highest BCUT2D eigenvalue weighted by molar-refractivity contribution is 7.89. The van der Waals surface area contributed by atoms with E-state index in [0.29, 0.717) is 10.4 Å². The second-order valence-electron chi connectivity index (χ2n) is 6.39. The minimum atomic E-state index is -3.89. The maximum atomic E-state index is 13.5. The lowest BCUT2D eigenvalue weighted by Crippen LogP contribution is -2.42. The average Bonchev–Trinajstić information content (AvgIpc) is 3.08. The third-order valence-electron chi connectivity index (χ3n) is 4.64. The van der Waals surface area contributed by atoms with Crippen molar-refractivity contribution in [1.82, 2.24) is 4.31 Å². The van der Waals surface area contributed by atoms with E-state index in [-0.39, 0.29) is 24.6 Å². The topological polar surface area (TPSA) is 89.7 Å². The van der Waals surface area contributed by atoms with Gasteiger partial charge in [-0.3, -0.25) is 4.79 Å². The summed E-state index contributed by atoms with van der Waals surface area (Å²) in [5, 5.41) is 0.816. The molecule has 4 rings (SSSR count). The monoisotopic (exact) mass is 420 g/mol. The van der Waals surface area contributed by atoms with Gasteiger partial charge in [-0.25, -0.2) is 12.8 Å². The first-order valence-electron chi connectivity index (χ1n) is 8.56. The Morgan fingerprint density at radius 2 is 2.00 bits per heavy atom. The normalized spacial score (nSPS) is 18.4. The van der Waals surface area contributed by atoms with Gasteiger partial charge in [0.15, 0.2) is 0 Å². The van der Waals surface area contributed by atoms with Crippen molar-refractivity contribution in [3.8, 4) is 0 Å². The third-order valence-corrected chi connectivity index (χ3v) is 7.70. The number of sulfonamides is 1. The van der Waals surface area contributed by atoms with Crippen molar-refractivity contribution in [3.63, 3.8) is 0 Å². The Hall–Kier alpha value is -2.33. The Bertz CT molecular complexity index is 1160. The van der Waals surface area contributed by atoms with Crippen LogP contribution in [0.1, 0.15) is 21.3 Å². The van der Waals surface area contributed by atoms with Crippen molar-refractivity contribution >= 4 is 37.4 Å². The minimum absolute atomic E-state index is 0.0137. The van der Waals surface area contributed by atoms with Crippen LogP contribution in [-0.4, -0.2) is 38.3 Å². The van der Waals surface area contributed by atoms with Gasteiger partial charge in [0.05, 0.1) is 22.5 Å². The van der Waals surface area contributed by atoms with Gasteiger partial charge < -0.3 is 10.5 Å². The molecule has 1 aliphatic heterocycles. The maximum Gasteiger partial charge on any atom is 0.259 e. The van der Waals surface area contributed by atoms with Gasteiger partial charge in [0.1, 0.15) is 5.82 Å². The molecule has 1 saturated heterocycles. The van der Waals surface area contributed by atoms with Crippen LogP contribution in [0.15, 0.2) is 53.4 Å². The summed E-state index contributed by atoms with van der Waals surface area (Å²) in [6.07, 6.45) is -0.643. The van der Waals surface area contributed by atoms with E-state index < -0.39 is 27.9 Å². The summed E-state index contributed by atoms with van der Waals surface area (Å²) in [4.78, 5) is 12.2. The molecule has 2 N–H and O–H groups in total. The molecule has 3 aromatic rings. The largest absolute Gasteiger partial charge is 0.371 e. The van der Waals surface area contributed by atoms with Gasteiger partial charge in [-0.2, -0.15) is 4.31 Å². The molecule has 0 aliphatic carbocycles. The number of carbonyl (C=O) groups excluding carboxylic acids is 1. The van der Waals surface area contributed by atoms with Crippen molar-refractivity contribution in [2.24, 2.45) is 5.73 Å². The van der Waals surface area contributed by atoms with Gasteiger partial charge in [0, 0.05) is 23.4 Å². The van der Waals surface area contributed by atoms with Gasteiger partial charge in [0.2, 0.25) is 10.0 Å². The minimum Gasteiger partial charge on any atom is -0.371 e. The molecule has 9 heteroatoms. The van der Waals surface area contributed by atoms with E-state index in [2.05, 4.69) is 0 Å². The lowest BCUT2D eigenvalue weighted by atomic mass is 10.0. The first kappa shape index (κ1) is 19.0. The molecule has 2 aromatic carbocycles. The van der Waals surface area contributed by atoms with Gasteiger partial charge in [-0.15, -0.1) is 11.3 Å². The SMILES string of the molecule is NC(=O)c1sc2ccccc2c1C1CN(S(=O)(=O)c2cccc(F)c2)CCO1. The van der Waals surface area contributed by atoms with Gasteiger partial charge in [-0.05, 0) is 29.7 Å². The number of rotatable bonds is 4. The van der Waals surface area contributed by atoms with Crippen LogP contribution in [0.3, 0.4) is 0 Å². The van der Waals surface area contributed by atoms with Gasteiger partial charge in [0.25, 0.3) is 5.91 Å². The summed E-state index contributed by atoms with van der Waals surface area (Å²) in [7, 11) is -3.89. The summed E-state index contributed by atoms with van der Waals surface area (Å²) < 4.78 is 47.4. The molecule has 1 unspecified atom stereocenters. The van der Waals surface area contributed by atoms with E-state index in [1.165, 1.54) is 33.8 Å². The number of thiophene rings is 1. The molecular weight excluding hydrogens is 403 g/mol. The fourth-order valence-electron chi connectivity index (χ4n) is 3.36. The number of ether oxygens (including phenoxy) is 1. The van der Waals surface area contributed by atoms with Crippen LogP contribution in [0, 0.1) is 5.82 Å². The number of primary amides is 1. The molecule has 0 bridgehead atoms. The Labute approximate surface area is 165 Å². The van der Waals surface area contributed by atoms with E-state index in [1.54, 1.807) is 0 Å². The Morgan fingerprint density at radius 1 is 1.21 bits per heavy atom. The highest BCUT2D eigenvalue weighted by Crippen LogP contribution is 2.38. The number of nitrogens with zero attached hydrogens (tertiary/aromatic N) is 1. The molecule has 1 aliphatic rings. The number of carbonyl (C=O) groups is 1. The Morgan fingerprint density at radius 3 is 2.75 bits per heavy atom. The summed E-state index contributed by atoms with van der Waals surface area (Å²) in [6, 6.07) is 12.3. The van der Waals surface area contributed by atoms with Crippen LogP contribution in [0.2, 0.25) is 0 Å². The molecule has 28 heavy (non-hydrogen) atoms. The standard InChI is InChI=1S/C19H17FN2O4S2/c20-12-4-3-5-13(10-12)28(24,25)22-8-9-26-15(11-22)17-14-6-1-2-7-16(14)27-18(17)19(21)23/h1-7,10,15H,8-9,11H2,(H2,21,23). The first-order chi connectivity index (χ1) is 13.4. The van der Waals surface area contributed by atoms with E-state index in [4.69, 9.17) is 10.5 Å². The number of fused-ring (bicyclic) bond motifs is 1. The van der Waals surface area contributed by atoms with Crippen LogP contribution < -0.4 is 5.73 Å². The first-order valence-corrected chi connectivity index (χ1v) is 10.8. The fourth-order valence-corrected chi connectivity index (χ4v) is 5.93. The number of morpholine rings is 1. The summed E-state index contributed by atoms with van der Waals surface area (Å²) >= 11 is 1.26. The van der Waals surface area contributed by atoms with Crippen molar-refractivity contribution in [2.45, 2.75) is 11.0 Å². The predicted molar refractivity (Wildman–Crippen MR) is 104 cm³/mol. The molecule has 0 spiro atoms. The second-order valence-corrected chi connectivity index (χ2v) is 9.38. The van der Waals surface area contributed by atoms with Crippen LogP contribution in [0.4, 0.5) is 4.39 Å². The second kappa shape index (κ2) is 7.25. The van der Waals surface area contributed by atoms with Gasteiger partial charge in [-0.1, -0.05) is 24.3 Å². The third kappa shape index (κ3) is 3.30. The quantitative estimate of drug-likeness (QED) is 0.703. The number of amides is 1. The smallest absolute Gasteiger partial charge is 0.259 e. The zero-order valence-corrected chi connectivity index (χ0v) is 16.3. The Kier molecular flexibility index (Phi) is 4.92. The highest BCUT2D eigenvalue weighted by atomic mass is 32.2. The van der Waals surface area contributed by atoms with E-state index in [1.807, 2.05) is 24.3 Å². The van der Waals surface area contributed by atoms with Gasteiger partial charge >= 0.3 is 0 Å². The molecule has 146 valence electrons. The van der Waals surface area contributed by atoms with Crippen molar-refractivity contribution in [2.75, 3.05) is 19.7 Å². The summed E-state index contributed by atoms with van der Waals surface area (Å²) in [5.41, 5.74) is 6.16. The molecule has 1 amide bonds. The van der Waals surface area contributed by atoms with Crippen molar-refractivity contribution < 1.29 is 22.3 Å². The van der Waals surface area contributed by atoms with Crippen LogP contribution in [0.5, 0.6) is 0 Å². The summed E-state index contributed by atoms with van der Waals surface area (Å²) in [6.45, 7) is 0.310. The molecule has 6 nitrogen and oxygen atoms in total. The van der Waals surface area contributed by atoms with E-state index >= 15 is 0 Å². The number of benzene rings is 2. The van der Waals surface area contributed by atoms with E-state index in [0.717, 1.165) is 16.2 Å². The number of halogens is 1. The molecule has 1 atom stereocenters. The van der Waals surface area contributed by atoms with Crippen LogP contribution >= 0.6 is 11.3 Å². The average molecular weight is 420 g/mol. The van der Waals surface area contributed by atoms with E-state index in [9.17, 15) is 17.6 Å². The molecule has 0 radical (unpaired) electrons. The molecule has 2 heterocycles. The number of hydrogen-bond donors (Lipinski definition) is 1. The lowest BCUT2D eigenvalue weighted by molar-refractivity contribution is -0.00189. The maximum absolute atomic E-state index is 13.5. The van der Waals surface area contributed by atoms with Crippen LogP contribution in [-0.2, 0) is 14.8 Å². The zero-order chi connectivity index (χ0) is 19.9. The van der Waals surface area contributed by atoms with Crippen molar-refractivity contribution in [1.29, 1.82) is 0 Å². The summed E-state index contributed by atoms with van der Waals surface area (Å²) in [5.74, 6) is -1.20. The Balaban J connectivity index is 1.73. The lowest BCUT2D eigenvalue weighted by Gasteiger charge is -2.32. The fraction of sp³-hybridized carbons (Fsp3) is 0.211.